The summed E-state index contributed by atoms with van der Waals surface area (Å²) < 4.78 is 1.95. The van der Waals surface area contributed by atoms with Gasteiger partial charge < -0.3 is 14.8 Å². The Balaban J connectivity index is 1.09. The third kappa shape index (κ3) is 4.74. The average molecular weight is 502 g/mol. The van der Waals surface area contributed by atoms with E-state index in [9.17, 15) is 9.59 Å². The second kappa shape index (κ2) is 10.1. The number of hydrogen-bond acceptors (Lipinski definition) is 4. The predicted octanol–water partition coefficient (Wildman–Crippen LogP) is 4.61. The molecule has 0 unspecified atom stereocenters. The number of halogens is 2. The molecule has 4 heterocycles. The number of carbonyl (C=O) groups is 1. The molecule has 5 rings (SSSR count). The first-order valence-electron chi connectivity index (χ1n) is 12.0. The fourth-order valence-electron chi connectivity index (χ4n) is 5.37. The van der Waals surface area contributed by atoms with Crippen LogP contribution in [-0.4, -0.2) is 63.0 Å². The fourth-order valence-corrected chi connectivity index (χ4v) is 5.70. The van der Waals surface area contributed by atoms with Gasteiger partial charge in [0.25, 0.3) is 5.91 Å². The van der Waals surface area contributed by atoms with Crippen LogP contribution >= 0.6 is 23.2 Å². The third-order valence-corrected chi connectivity index (χ3v) is 8.16. The van der Waals surface area contributed by atoms with Crippen molar-refractivity contribution in [2.24, 2.45) is 5.92 Å². The van der Waals surface area contributed by atoms with E-state index < -0.39 is 0 Å². The van der Waals surface area contributed by atoms with Crippen molar-refractivity contribution in [2.45, 2.75) is 38.1 Å². The van der Waals surface area contributed by atoms with E-state index in [1.165, 1.54) is 12.4 Å². The Morgan fingerprint density at radius 3 is 2.53 bits per heavy atom. The number of benzene rings is 1. The first-order valence-corrected chi connectivity index (χ1v) is 12.8. The summed E-state index contributed by atoms with van der Waals surface area (Å²) in [5.41, 5.74) is 2.29. The first-order chi connectivity index (χ1) is 16.5. The van der Waals surface area contributed by atoms with Crippen molar-refractivity contribution >= 4 is 40.1 Å². The van der Waals surface area contributed by atoms with E-state index in [0.29, 0.717) is 16.5 Å². The number of piperidine rings is 2. The van der Waals surface area contributed by atoms with E-state index in [1.54, 1.807) is 0 Å². The fraction of sp³-hybridized carbons (Fsp3) is 0.480. The van der Waals surface area contributed by atoms with Crippen molar-refractivity contribution in [2.75, 3.05) is 32.7 Å². The molecule has 7 nitrogen and oxygen atoms in total. The number of fused-ring (bicyclic) bond motifs is 1. The lowest BCUT2D eigenvalue weighted by Crippen LogP contribution is -2.40. The molecular weight excluding hydrogens is 473 g/mol. The van der Waals surface area contributed by atoms with Crippen LogP contribution in [0.4, 0.5) is 0 Å². The SMILES string of the molecule is O=C(c1cncc(Cl)c1Cl)N1CCC(CCN2CCC(n3c(=O)[nH]c4ccccc43)CC2)CC1. The van der Waals surface area contributed by atoms with Gasteiger partial charge >= 0.3 is 5.69 Å². The number of para-hydroxylation sites is 2. The summed E-state index contributed by atoms with van der Waals surface area (Å²) in [6.45, 7) is 4.55. The Morgan fingerprint density at radius 2 is 1.76 bits per heavy atom. The number of aromatic amines is 1. The molecule has 0 bridgehead atoms. The van der Waals surface area contributed by atoms with Gasteiger partial charge in [-0.3, -0.25) is 14.3 Å². The molecule has 1 N–H and O–H groups in total. The molecule has 1 amide bonds. The molecule has 0 aliphatic carbocycles. The highest BCUT2D eigenvalue weighted by Gasteiger charge is 2.27. The monoisotopic (exact) mass is 501 g/mol. The predicted molar refractivity (Wildman–Crippen MR) is 135 cm³/mol. The molecule has 0 atom stereocenters. The van der Waals surface area contributed by atoms with E-state index in [-0.39, 0.29) is 22.7 Å². The summed E-state index contributed by atoms with van der Waals surface area (Å²) in [6, 6.07) is 8.17. The van der Waals surface area contributed by atoms with Crippen molar-refractivity contribution in [1.29, 1.82) is 0 Å². The van der Waals surface area contributed by atoms with Crippen LogP contribution in [0.25, 0.3) is 11.0 Å². The molecule has 2 aromatic heterocycles. The highest BCUT2D eigenvalue weighted by atomic mass is 35.5. The number of carbonyl (C=O) groups excluding carboxylic acids is 1. The number of hydrogen-bond donors (Lipinski definition) is 1. The molecule has 2 fully saturated rings. The molecule has 2 aliphatic rings. The second-order valence-corrected chi connectivity index (χ2v) is 10.2. The third-order valence-electron chi connectivity index (χ3n) is 7.37. The molecule has 0 saturated carbocycles. The summed E-state index contributed by atoms with van der Waals surface area (Å²) in [4.78, 5) is 36.7. The summed E-state index contributed by atoms with van der Waals surface area (Å²) in [5.74, 6) is 0.527. The van der Waals surface area contributed by atoms with Crippen LogP contribution in [0, 0.1) is 5.92 Å². The van der Waals surface area contributed by atoms with Crippen molar-refractivity contribution in [3.05, 3.63) is 62.8 Å². The number of likely N-dealkylation sites (tertiary alicyclic amines) is 2. The first kappa shape index (κ1) is 23.4. The lowest BCUT2D eigenvalue weighted by Gasteiger charge is -2.35. The van der Waals surface area contributed by atoms with Crippen LogP contribution in [0.5, 0.6) is 0 Å². The van der Waals surface area contributed by atoms with E-state index >= 15 is 0 Å². The summed E-state index contributed by atoms with van der Waals surface area (Å²) in [5, 5.41) is 0.586. The maximum Gasteiger partial charge on any atom is 0.326 e. The molecule has 2 aliphatic heterocycles. The maximum atomic E-state index is 12.8. The van der Waals surface area contributed by atoms with Crippen molar-refractivity contribution in [1.82, 2.24) is 24.3 Å². The Kier molecular flexibility index (Phi) is 6.95. The molecule has 2 saturated heterocycles. The van der Waals surface area contributed by atoms with E-state index in [1.807, 2.05) is 33.7 Å². The molecule has 34 heavy (non-hydrogen) atoms. The zero-order chi connectivity index (χ0) is 23.7. The molecule has 9 heteroatoms. The standard InChI is InChI=1S/C25H29Cl2N5O2/c26-20-16-28-15-19(23(20)27)24(33)31-13-6-17(7-14-31)5-10-30-11-8-18(9-12-30)32-22-4-2-1-3-21(22)29-25(32)34/h1-4,15-18H,5-14H2,(H,29,34). The van der Waals surface area contributed by atoms with Crippen LogP contribution < -0.4 is 5.69 Å². The number of H-pyrrole nitrogens is 1. The Hall–Kier alpha value is -2.35. The number of aromatic nitrogens is 3. The Morgan fingerprint density at radius 1 is 1.03 bits per heavy atom. The molecule has 180 valence electrons. The summed E-state index contributed by atoms with van der Waals surface area (Å²) in [6.07, 6.45) is 8.06. The highest BCUT2D eigenvalue weighted by molar-refractivity contribution is 6.43. The van der Waals surface area contributed by atoms with Crippen LogP contribution in [-0.2, 0) is 0 Å². The van der Waals surface area contributed by atoms with Crippen LogP contribution in [0.15, 0.2) is 41.5 Å². The van der Waals surface area contributed by atoms with Crippen LogP contribution in [0.2, 0.25) is 10.0 Å². The molecule has 0 radical (unpaired) electrons. The maximum absolute atomic E-state index is 12.8. The van der Waals surface area contributed by atoms with Gasteiger partial charge in [0.2, 0.25) is 0 Å². The van der Waals surface area contributed by atoms with E-state index in [0.717, 1.165) is 75.9 Å². The average Bonchev–Trinajstić information content (AvgIpc) is 3.20. The molecular formula is C25H29Cl2N5O2. The second-order valence-electron chi connectivity index (χ2n) is 9.40. The van der Waals surface area contributed by atoms with Crippen molar-refractivity contribution in [3.8, 4) is 0 Å². The summed E-state index contributed by atoms with van der Waals surface area (Å²) >= 11 is 12.2. The Bertz CT molecular complexity index is 1220. The van der Waals surface area contributed by atoms with Crippen molar-refractivity contribution < 1.29 is 4.79 Å². The topological polar surface area (TPSA) is 74.2 Å². The van der Waals surface area contributed by atoms with Gasteiger partial charge in [-0.2, -0.15) is 0 Å². The minimum absolute atomic E-state index is 0.00389. The molecule has 3 aromatic rings. The minimum atomic E-state index is -0.0898. The number of imidazole rings is 1. The van der Waals surface area contributed by atoms with Crippen LogP contribution in [0.3, 0.4) is 0 Å². The van der Waals surface area contributed by atoms with Gasteiger partial charge in [0.05, 0.1) is 26.6 Å². The number of amides is 1. The minimum Gasteiger partial charge on any atom is -0.339 e. The van der Waals surface area contributed by atoms with Gasteiger partial charge in [0, 0.05) is 44.6 Å². The van der Waals surface area contributed by atoms with E-state index in [4.69, 9.17) is 23.2 Å². The zero-order valence-corrected chi connectivity index (χ0v) is 20.6. The van der Waals surface area contributed by atoms with Gasteiger partial charge in [-0.15, -0.1) is 0 Å². The quantitative estimate of drug-likeness (QED) is 0.553. The number of pyridine rings is 1. The van der Waals surface area contributed by atoms with Gasteiger partial charge in [-0.25, -0.2) is 4.79 Å². The molecule has 1 aromatic carbocycles. The number of nitrogens with zero attached hydrogens (tertiary/aromatic N) is 4. The van der Waals surface area contributed by atoms with Crippen LogP contribution in [0.1, 0.15) is 48.5 Å². The van der Waals surface area contributed by atoms with Gasteiger partial charge in [0.1, 0.15) is 0 Å². The van der Waals surface area contributed by atoms with Gasteiger partial charge in [-0.1, -0.05) is 35.3 Å². The Labute approximate surface area is 208 Å². The normalized spacial score (nSPS) is 18.6. The lowest BCUT2D eigenvalue weighted by atomic mass is 9.92. The largest absolute Gasteiger partial charge is 0.339 e. The smallest absolute Gasteiger partial charge is 0.326 e. The van der Waals surface area contributed by atoms with Gasteiger partial charge in [-0.05, 0) is 56.7 Å². The highest BCUT2D eigenvalue weighted by Crippen LogP contribution is 2.29. The summed E-state index contributed by atoms with van der Waals surface area (Å²) in [7, 11) is 0. The molecule has 0 spiro atoms. The van der Waals surface area contributed by atoms with Crippen molar-refractivity contribution in [3.63, 3.8) is 0 Å². The van der Waals surface area contributed by atoms with E-state index in [2.05, 4.69) is 14.9 Å². The number of rotatable bonds is 5. The number of nitrogens with one attached hydrogen (secondary N) is 1. The van der Waals surface area contributed by atoms with Gasteiger partial charge in [0.15, 0.2) is 0 Å². The lowest BCUT2D eigenvalue weighted by molar-refractivity contribution is 0.0677. The zero-order valence-electron chi connectivity index (χ0n) is 19.1.